The highest BCUT2D eigenvalue weighted by Gasteiger charge is 2.49. The molecule has 1 aromatic rings. The van der Waals surface area contributed by atoms with Crippen molar-refractivity contribution in [2.75, 3.05) is 0 Å². The van der Waals surface area contributed by atoms with E-state index in [1.807, 2.05) is 0 Å². The zero-order valence-corrected chi connectivity index (χ0v) is 23.9. The van der Waals surface area contributed by atoms with Gasteiger partial charge in [0, 0.05) is 11.3 Å². The van der Waals surface area contributed by atoms with E-state index in [4.69, 9.17) is 13.6 Å². The van der Waals surface area contributed by atoms with E-state index >= 15 is 0 Å². The molecule has 0 saturated carbocycles. The maximum Gasteiger partial charge on any atom is 0.192 e. The van der Waals surface area contributed by atoms with Crippen molar-refractivity contribution >= 4 is 28.4 Å². The van der Waals surface area contributed by atoms with Crippen LogP contribution in [0.2, 0.25) is 36.3 Å². The van der Waals surface area contributed by atoms with Crippen molar-refractivity contribution in [1.29, 1.82) is 0 Å². The van der Waals surface area contributed by atoms with Crippen molar-refractivity contribution < 1.29 is 13.6 Å². The van der Waals surface area contributed by atoms with Crippen LogP contribution in [0, 0.1) is 0 Å². The van der Waals surface area contributed by atoms with E-state index in [2.05, 4.69) is 105 Å². The Labute approximate surface area is 191 Å². The molecule has 0 spiro atoms. The molecule has 0 bridgehead atoms. The Kier molecular flexibility index (Phi) is 8.19. The third-order valence-corrected chi connectivity index (χ3v) is 17.2. The SMILES string of the molecule is CC1O[C@@H](Sc2ccccc2)C[C@@H](O[Si](C)(C)C(C)(C)C)C1O[Si](C)(C)C(C)(C)C. The molecule has 1 heterocycles. The average molecular weight is 469 g/mol. The van der Waals surface area contributed by atoms with Crippen LogP contribution in [0.25, 0.3) is 0 Å². The average Bonchev–Trinajstić information content (AvgIpc) is 2.56. The standard InChI is InChI=1S/C24H44O3SSi2/c1-18-22(27-30(10,11)24(5,6)7)20(26-29(8,9)23(2,3)4)17-21(25-18)28-19-15-13-12-14-16-19/h12-16,18,20-22H,17H2,1-11H3/t18?,20-,21+,22?/m1/s1. The molecule has 4 atom stereocenters. The predicted octanol–water partition coefficient (Wildman–Crippen LogP) is 7.69. The first-order valence-corrected chi connectivity index (χ1v) is 18.0. The minimum Gasteiger partial charge on any atom is -0.411 e. The lowest BCUT2D eigenvalue weighted by Crippen LogP contribution is -2.58. The van der Waals surface area contributed by atoms with Crippen molar-refractivity contribution in [2.24, 2.45) is 0 Å². The molecule has 2 unspecified atom stereocenters. The van der Waals surface area contributed by atoms with Gasteiger partial charge in [0.05, 0.1) is 18.3 Å². The van der Waals surface area contributed by atoms with E-state index < -0.39 is 16.6 Å². The monoisotopic (exact) mass is 468 g/mol. The Morgan fingerprint density at radius 3 is 1.87 bits per heavy atom. The minimum atomic E-state index is -1.94. The van der Waals surface area contributed by atoms with E-state index in [0.717, 1.165) is 6.42 Å². The molecule has 0 radical (unpaired) electrons. The van der Waals surface area contributed by atoms with Gasteiger partial charge in [-0.1, -0.05) is 71.5 Å². The summed E-state index contributed by atoms with van der Waals surface area (Å²) in [5.41, 5.74) is 0.0800. The van der Waals surface area contributed by atoms with Gasteiger partial charge in [-0.05, 0) is 55.3 Å². The maximum atomic E-state index is 7.00. The van der Waals surface area contributed by atoms with E-state index in [1.165, 1.54) is 4.90 Å². The van der Waals surface area contributed by atoms with Crippen molar-refractivity contribution in [3.05, 3.63) is 30.3 Å². The number of hydrogen-bond acceptors (Lipinski definition) is 4. The van der Waals surface area contributed by atoms with Crippen molar-refractivity contribution in [2.45, 2.75) is 120 Å². The van der Waals surface area contributed by atoms with E-state index in [1.54, 1.807) is 11.8 Å². The topological polar surface area (TPSA) is 27.7 Å². The zero-order valence-electron chi connectivity index (χ0n) is 21.0. The number of hydrogen-bond donors (Lipinski definition) is 0. The van der Waals surface area contributed by atoms with Crippen LogP contribution in [0.4, 0.5) is 0 Å². The lowest BCUT2D eigenvalue weighted by atomic mass is 10.0. The third-order valence-electron chi connectivity index (χ3n) is 7.12. The van der Waals surface area contributed by atoms with Gasteiger partial charge >= 0.3 is 0 Å². The molecule has 1 fully saturated rings. The van der Waals surface area contributed by atoms with E-state index in [0.29, 0.717) is 0 Å². The second-order valence-corrected chi connectivity index (χ2v) is 22.4. The minimum absolute atomic E-state index is 0.00357. The van der Waals surface area contributed by atoms with Gasteiger partial charge in [0.15, 0.2) is 16.6 Å². The van der Waals surface area contributed by atoms with Gasteiger partial charge in [0.1, 0.15) is 5.44 Å². The molecule has 0 aromatic heterocycles. The van der Waals surface area contributed by atoms with Crippen LogP contribution in [-0.2, 0) is 13.6 Å². The molecule has 0 aliphatic carbocycles. The highest BCUT2D eigenvalue weighted by molar-refractivity contribution is 7.99. The Bertz CT molecular complexity index is 680. The summed E-state index contributed by atoms with van der Waals surface area (Å²) in [6, 6.07) is 10.5. The van der Waals surface area contributed by atoms with Gasteiger partial charge in [-0.25, -0.2) is 0 Å². The van der Waals surface area contributed by atoms with Crippen LogP contribution >= 0.6 is 11.8 Å². The van der Waals surface area contributed by atoms with Gasteiger partial charge in [-0.3, -0.25) is 0 Å². The first-order valence-electron chi connectivity index (χ1n) is 11.3. The van der Waals surface area contributed by atoms with Crippen LogP contribution in [0.1, 0.15) is 54.9 Å². The van der Waals surface area contributed by atoms with Crippen LogP contribution in [0.5, 0.6) is 0 Å². The van der Waals surface area contributed by atoms with Crippen molar-refractivity contribution in [3.8, 4) is 0 Å². The summed E-state index contributed by atoms with van der Waals surface area (Å²) in [4.78, 5) is 1.24. The fourth-order valence-corrected chi connectivity index (χ4v) is 6.94. The summed E-state index contributed by atoms with van der Waals surface area (Å²) in [7, 11) is -3.88. The molecule has 1 aliphatic heterocycles. The molecular formula is C24H44O3SSi2. The molecule has 1 aliphatic rings. The number of rotatable bonds is 6. The van der Waals surface area contributed by atoms with Crippen molar-refractivity contribution in [1.82, 2.24) is 0 Å². The summed E-state index contributed by atoms with van der Waals surface area (Å²) < 4.78 is 20.4. The number of ether oxygens (including phenoxy) is 1. The Morgan fingerprint density at radius 1 is 0.867 bits per heavy atom. The summed E-state index contributed by atoms with van der Waals surface area (Å²) in [6.45, 7) is 25.3. The van der Waals surface area contributed by atoms with E-state index in [-0.39, 0.29) is 33.8 Å². The molecule has 3 nitrogen and oxygen atoms in total. The fourth-order valence-electron chi connectivity index (χ4n) is 3.08. The second-order valence-electron chi connectivity index (χ2n) is 11.7. The van der Waals surface area contributed by atoms with Gasteiger partial charge in [0.2, 0.25) is 0 Å². The molecule has 6 heteroatoms. The Balaban J connectivity index is 2.28. The molecule has 1 aromatic carbocycles. The molecular weight excluding hydrogens is 425 g/mol. The van der Waals surface area contributed by atoms with Crippen LogP contribution in [-0.4, -0.2) is 40.4 Å². The summed E-state index contributed by atoms with van der Waals surface area (Å²) in [5.74, 6) is 0. The van der Waals surface area contributed by atoms with Gasteiger partial charge in [-0.15, -0.1) is 0 Å². The largest absolute Gasteiger partial charge is 0.411 e. The fraction of sp³-hybridized carbons (Fsp3) is 0.750. The van der Waals surface area contributed by atoms with Gasteiger partial charge < -0.3 is 13.6 Å². The third kappa shape index (κ3) is 6.45. The second kappa shape index (κ2) is 9.40. The van der Waals surface area contributed by atoms with E-state index in [9.17, 15) is 0 Å². The van der Waals surface area contributed by atoms with Crippen molar-refractivity contribution in [3.63, 3.8) is 0 Å². The molecule has 30 heavy (non-hydrogen) atoms. The quantitative estimate of drug-likeness (QED) is 0.400. The summed E-state index contributed by atoms with van der Waals surface area (Å²) in [6.07, 6.45) is 0.900. The van der Waals surface area contributed by atoms with Gasteiger partial charge in [-0.2, -0.15) is 0 Å². The summed E-state index contributed by atoms with van der Waals surface area (Å²) >= 11 is 1.80. The highest BCUT2D eigenvalue weighted by atomic mass is 32.2. The summed E-state index contributed by atoms with van der Waals surface area (Å²) in [5, 5.41) is 0.321. The lowest BCUT2D eigenvalue weighted by Gasteiger charge is -2.49. The Hall–Kier alpha value is -0.116. The molecule has 2 rings (SSSR count). The highest BCUT2D eigenvalue weighted by Crippen LogP contribution is 2.44. The van der Waals surface area contributed by atoms with Gasteiger partial charge in [0.25, 0.3) is 0 Å². The van der Waals surface area contributed by atoms with Crippen LogP contribution in [0.15, 0.2) is 35.2 Å². The molecule has 0 N–H and O–H groups in total. The first kappa shape index (κ1) is 26.1. The molecule has 0 amide bonds. The number of thioether (sulfide) groups is 1. The Morgan fingerprint density at radius 2 is 1.37 bits per heavy atom. The van der Waals surface area contributed by atoms with Crippen LogP contribution < -0.4 is 0 Å². The zero-order chi connectivity index (χ0) is 23.0. The van der Waals surface area contributed by atoms with Crippen LogP contribution in [0.3, 0.4) is 0 Å². The smallest absolute Gasteiger partial charge is 0.192 e. The normalized spacial score (nSPS) is 26.6. The predicted molar refractivity (Wildman–Crippen MR) is 135 cm³/mol. The first-order chi connectivity index (χ1) is 13.5. The molecule has 172 valence electrons. The number of benzene rings is 1. The maximum absolute atomic E-state index is 7.00. The lowest BCUT2D eigenvalue weighted by molar-refractivity contribution is -0.126. The molecule has 1 saturated heterocycles.